The third kappa shape index (κ3) is 4.48. The molecule has 7 nitrogen and oxygen atoms in total. The van der Waals surface area contributed by atoms with E-state index in [0.29, 0.717) is 31.7 Å². The number of hydrogen-bond acceptors (Lipinski definition) is 7. The number of cyclic esters (lactones) is 1. The van der Waals surface area contributed by atoms with E-state index in [1.807, 2.05) is 24.3 Å². The Morgan fingerprint density at radius 3 is 3.14 bits per heavy atom. The number of carbonyl (C=O) groups excluding carboxylic acids is 2. The first-order valence-electron chi connectivity index (χ1n) is 9.55. The molecule has 1 aromatic heterocycles. The van der Waals surface area contributed by atoms with Gasteiger partial charge in [0.1, 0.15) is 18.8 Å². The molecule has 2 N–H and O–H groups in total. The van der Waals surface area contributed by atoms with E-state index >= 15 is 0 Å². The van der Waals surface area contributed by atoms with Crippen molar-refractivity contribution in [2.75, 3.05) is 19.7 Å². The zero-order valence-electron chi connectivity index (χ0n) is 15.8. The van der Waals surface area contributed by atoms with Crippen molar-refractivity contribution in [3.63, 3.8) is 0 Å². The monoisotopic (exact) mass is 411 g/mol. The van der Waals surface area contributed by atoms with E-state index in [0.717, 1.165) is 33.8 Å². The highest BCUT2D eigenvalue weighted by atomic mass is 32.1. The summed E-state index contributed by atoms with van der Waals surface area (Å²) in [6.45, 7) is 2.12. The molecule has 2 aromatic rings. The summed E-state index contributed by atoms with van der Waals surface area (Å²) < 4.78 is 10.6. The molecule has 1 aromatic carbocycles. The minimum absolute atomic E-state index is 0.258. The molecule has 1 fully saturated rings. The summed E-state index contributed by atoms with van der Waals surface area (Å²) >= 11 is 1.57. The molecule has 150 valence electrons. The van der Waals surface area contributed by atoms with E-state index in [2.05, 4.69) is 16.7 Å². The van der Waals surface area contributed by atoms with Gasteiger partial charge in [-0.25, -0.2) is 4.79 Å². The number of carbonyl (C=O) groups is 2. The van der Waals surface area contributed by atoms with Gasteiger partial charge in [-0.2, -0.15) is 5.26 Å². The minimum atomic E-state index is -0.619. The second-order valence-electron chi connectivity index (χ2n) is 7.03. The number of amides is 1. The van der Waals surface area contributed by atoms with Gasteiger partial charge in [0.2, 0.25) is 0 Å². The zero-order chi connectivity index (χ0) is 20.2. The first-order valence-corrected chi connectivity index (χ1v) is 10.4. The molecular formula is C21H21N3O4S. The van der Waals surface area contributed by atoms with Crippen LogP contribution in [0.1, 0.15) is 27.2 Å². The number of nitrogens with one attached hydrogen (secondary N) is 2. The van der Waals surface area contributed by atoms with E-state index in [4.69, 9.17) is 9.47 Å². The van der Waals surface area contributed by atoms with Crippen molar-refractivity contribution in [1.29, 1.82) is 5.26 Å². The van der Waals surface area contributed by atoms with Crippen molar-refractivity contribution in [3.8, 4) is 16.5 Å². The van der Waals surface area contributed by atoms with Crippen LogP contribution < -0.4 is 10.6 Å². The fourth-order valence-electron chi connectivity index (χ4n) is 3.41. The van der Waals surface area contributed by atoms with Crippen molar-refractivity contribution in [3.05, 3.63) is 46.3 Å². The summed E-state index contributed by atoms with van der Waals surface area (Å²) in [4.78, 5) is 26.0. The van der Waals surface area contributed by atoms with Gasteiger partial charge >= 0.3 is 5.97 Å². The summed E-state index contributed by atoms with van der Waals surface area (Å²) in [6, 6.07) is 11.2. The van der Waals surface area contributed by atoms with Crippen LogP contribution >= 0.6 is 11.3 Å². The molecule has 4 rings (SSSR count). The third-order valence-electron chi connectivity index (χ3n) is 4.95. The van der Waals surface area contributed by atoms with Crippen LogP contribution in [0.3, 0.4) is 0 Å². The van der Waals surface area contributed by atoms with Gasteiger partial charge in [0.25, 0.3) is 5.91 Å². The summed E-state index contributed by atoms with van der Waals surface area (Å²) in [5.41, 5.74) is 2.52. The normalized spacial score (nSPS) is 19.6. The first-order chi connectivity index (χ1) is 14.1. The molecule has 1 saturated heterocycles. The number of nitriles is 1. The second kappa shape index (κ2) is 8.74. The van der Waals surface area contributed by atoms with E-state index in [1.54, 1.807) is 17.4 Å². The van der Waals surface area contributed by atoms with Gasteiger partial charge in [-0.15, -0.1) is 11.3 Å². The topological polar surface area (TPSA) is 100 Å². The van der Waals surface area contributed by atoms with Crippen LogP contribution in [0.5, 0.6) is 0 Å². The summed E-state index contributed by atoms with van der Waals surface area (Å²) in [5.74, 6) is -0.537. The van der Waals surface area contributed by atoms with Crippen molar-refractivity contribution in [2.24, 2.45) is 0 Å². The van der Waals surface area contributed by atoms with Crippen LogP contribution in [0.4, 0.5) is 0 Å². The SMILES string of the molecule is N#CC(Cc1ccc(-c2ccc3c(c2)COC3=O)s1)NC(=O)C1CNCCCO1. The van der Waals surface area contributed by atoms with Gasteiger partial charge in [0.15, 0.2) is 0 Å². The Bertz CT molecular complexity index is 957. The quantitative estimate of drug-likeness (QED) is 0.730. The minimum Gasteiger partial charge on any atom is -0.457 e. The summed E-state index contributed by atoms with van der Waals surface area (Å²) in [5, 5.41) is 15.4. The standard InChI is InChI=1S/C21H21N3O4S/c22-10-15(24-20(25)18-11-23-6-1-7-27-18)9-16-3-5-19(29-16)13-2-4-17-14(8-13)12-28-21(17)26/h2-5,8,15,18,23H,1,6-7,9,11-12H2,(H,24,25). The maximum atomic E-state index is 12.4. The lowest BCUT2D eigenvalue weighted by Gasteiger charge is -2.17. The predicted molar refractivity (Wildman–Crippen MR) is 107 cm³/mol. The maximum Gasteiger partial charge on any atom is 0.338 e. The Labute approximate surface area is 172 Å². The molecule has 29 heavy (non-hydrogen) atoms. The Balaban J connectivity index is 1.40. The van der Waals surface area contributed by atoms with Gasteiger partial charge in [0.05, 0.1) is 11.6 Å². The zero-order valence-corrected chi connectivity index (χ0v) is 16.6. The second-order valence-corrected chi connectivity index (χ2v) is 8.19. The molecule has 2 aliphatic rings. The number of fused-ring (bicyclic) bond motifs is 1. The van der Waals surface area contributed by atoms with Crippen molar-refractivity contribution < 1.29 is 19.1 Å². The molecule has 2 unspecified atom stereocenters. The van der Waals surface area contributed by atoms with Crippen LogP contribution in [-0.4, -0.2) is 43.7 Å². The average molecular weight is 411 g/mol. The van der Waals surface area contributed by atoms with Crippen LogP contribution in [-0.2, 0) is 27.3 Å². The Hall–Kier alpha value is -2.73. The molecule has 2 atom stereocenters. The molecule has 0 bridgehead atoms. The van der Waals surface area contributed by atoms with E-state index in [9.17, 15) is 14.9 Å². The largest absolute Gasteiger partial charge is 0.457 e. The van der Waals surface area contributed by atoms with Gasteiger partial charge in [-0.05, 0) is 42.8 Å². The number of benzene rings is 1. The van der Waals surface area contributed by atoms with Crippen LogP contribution in [0.2, 0.25) is 0 Å². The number of thiophene rings is 1. The molecule has 3 heterocycles. The van der Waals surface area contributed by atoms with Crippen LogP contribution in [0, 0.1) is 11.3 Å². The van der Waals surface area contributed by atoms with Gasteiger partial charge < -0.3 is 20.1 Å². The van der Waals surface area contributed by atoms with Crippen molar-refractivity contribution >= 4 is 23.2 Å². The number of hydrogen-bond donors (Lipinski definition) is 2. The average Bonchev–Trinajstić information content (AvgIpc) is 3.24. The Morgan fingerprint density at radius 1 is 1.38 bits per heavy atom. The molecular weight excluding hydrogens is 390 g/mol. The van der Waals surface area contributed by atoms with Crippen molar-refractivity contribution in [1.82, 2.24) is 10.6 Å². The highest BCUT2D eigenvalue weighted by molar-refractivity contribution is 7.15. The van der Waals surface area contributed by atoms with Gasteiger partial charge in [-0.1, -0.05) is 6.07 Å². The number of esters is 1. The molecule has 2 aliphatic heterocycles. The van der Waals surface area contributed by atoms with Crippen LogP contribution in [0.15, 0.2) is 30.3 Å². The van der Waals surface area contributed by atoms with E-state index in [1.165, 1.54) is 0 Å². The Morgan fingerprint density at radius 2 is 2.28 bits per heavy atom. The molecule has 0 spiro atoms. The highest BCUT2D eigenvalue weighted by Crippen LogP contribution is 2.32. The molecule has 0 radical (unpaired) electrons. The molecule has 1 amide bonds. The lowest BCUT2D eigenvalue weighted by molar-refractivity contribution is -0.132. The number of rotatable bonds is 5. The fourth-order valence-corrected chi connectivity index (χ4v) is 4.46. The summed E-state index contributed by atoms with van der Waals surface area (Å²) in [7, 11) is 0. The van der Waals surface area contributed by atoms with E-state index in [-0.39, 0.29) is 11.9 Å². The van der Waals surface area contributed by atoms with Crippen molar-refractivity contribution in [2.45, 2.75) is 31.6 Å². The third-order valence-corrected chi connectivity index (χ3v) is 6.10. The maximum absolute atomic E-state index is 12.4. The number of nitrogens with zero attached hydrogens (tertiary/aromatic N) is 1. The van der Waals surface area contributed by atoms with Gasteiger partial charge in [0, 0.05) is 34.9 Å². The smallest absolute Gasteiger partial charge is 0.338 e. The highest BCUT2D eigenvalue weighted by Gasteiger charge is 2.24. The van der Waals surface area contributed by atoms with E-state index < -0.39 is 12.1 Å². The fraction of sp³-hybridized carbons (Fsp3) is 0.381. The molecule has 0 saturated carbocycles. The first kappa shape index (κ1) is 19.6. The lowest BCUT2D eigenvalue weighted by Crippen LogP contribution is -2.46. The van der Waals surface area contributed by atoms with Crippen LogP contribution in [0.25, 0.3) is 10.4 Å². The predicted octanol–water partition coefficient (Wildman–Crippen LogP) is 2.01. The molecule has 0 aliphatic carbocycles. The van der Waals surface area contributed by atoms with Gasteiger partial charge in [-0.3, -0.25) is 4.79 Å². The lowest BCUT2D eigenvalue weighted by atomic mass is 10.1. The number of ether oxygens (including phenoxy) is 2. The Kier molecular flexibility index (Phi) is 5.90. The summed E-state index contributed by atoms with van der Waals surface area (Å²) in [6.07, 6.45) is 0.732. The molecule has 8 heteroatoms.